The van der Waals surface area contributed by atoms with E-state index in [1.54, 1.807) is 18.2 Å². The first-order valence-electron chi connectivity index (χ1n) is 6.91. The van der Waals surface area contributed by atoms with E-state index in [0.717, 1.165) is 10.4 Å². The van der Waals surface area contributed by atoms with Crippen LogP contribution in [0.15, 0.2) is 48.5 Å². The number of ether oxygens (including phenoxy) is 1. The van der Waals surface area contributed by atoms with Gasteiger partial charge in [-0.3, -0.25) is 10.2 Å². The van der Waals surface area contributed by atoms with E-state index in [1.807, 2.05) is 36.4 Å². The summed E-state index contributed by atoms with van der Waals surface area (Å²) in [6.07, 6.45) is 3.11. The number of rotatable bonds is 6. The Morgan fingerprint density at radius 3 is 2.70 bits per heavy atom. The molecule has 1 aromatic heterocycles. The molecule has 23 heavy (non-hydrogen) atoms. The minimum Gasteiger partial charge on any atom is -0.445 e. The van der Waals surface area contributed by atoms with Gasteiger partial charge < -0.3 is 10.1 Å². The summed E-state index contributed by atoms with van der Waals surface area (Å²) in [5.41, 5.74) is 3.01. The lowest BCUT2D eigenvalue weighted by Crippen LogP contribution is -2.29. The van der Waals surface area contributed by atoms with Gasteiger partial charge in [0.15, 0.2) is 0 Å². The summed E-state index contributed by atoms with van der Waals surface area (Å²) in [4.78, 5) is 24.3. The lowest BCUT2D eigenvalue weighted by molar-refractivity contribution is 0.0957. The Labute approximate surface area is 137 Å². The van der Waals surface area contributed by atoms with Crippen LogP contribution in [0, 0.1) is 0 Å². The highest BCUT2D eigenvalue weighted by atomic mass is 32.1. The van der Waals surface area contributed by atoms with Crippen LogP contribution in [0.3, 0.4) is 0 Å². The number of nitrogens with one attached hydrogen (secondary N) is 2. The van der Waals surface area contributed by atoms with Crippen molar-refractivity contribution in [2.45, 2.75) is 6.61 Å². The van der Waals surface area contributed by atoms with Gasteiger partial charge in [0.25, 0.3) is 5.91 Å². The summed E-state index contributed by atoms with van der Waals surface area (Å²) in [7, 11) is 0. The molecule has 0 aliphatic carbocycles. The van der Waals surface area contributed by atoms with Crippen molar-refractivity contribution in [3.8, 4) is 0 Å². The van der Waals surface area contributed by atoms with Crippen LogP contribution >= 0.6 is 11.3 Å². The Balaban J connectivity index is 1.70. The summed E-state index contributed by atoms with van der Waals surface area (Å²) in [5, 5.41) is 2.62. The molecule has 0 aliphatic rings. The third kappa shape index (κ3) is 5.57. The molecule has 6 nitrogen and oxygen atoms in total. The Bertz CT molecular complexity index is 683. The lowest BCUT2D eigenvalue weighted by atomic mass is 10.2. The molecule has 0 saturated heterocycles. The van der Waals surface area contributed by atoms with E-state index in [9.17, 15) is 9.59 Å². The molecule has 2 aromatic rings. The van der Waals surface area contributed by atoms with Crippen LogP contribution in [0.1, 0.15) is 20.1 Å². The van der Waals surface area contributed by atoms with Crippen molar-refractivity contribution in [1.82, 2.24) is 10.7 Å². The SMILES string of the molecule is NNC(=O)c1ccc(C=CCNC(=O)OCc2ccccc2)s1. The molecule has 1 aromatic carbocycles. The van der Waals surface area contributed by atoms with Crippen LogP contribution in [0.5, 0.6) is 0 Å². The second kappa shape index (κ2) is 8.72. The van der Waals surface area contributed by atoms with E-state index < -0.39 is 6.09 Å². The van der Waals surface area contributed by atoms with Gasteiger partial charge in [-0.1, -0.05) is 36.4 Å². The van der Waals surface area contributed by atoms with Crippen molar-refractivity contribution in [2.75, 3.05) is 6.54 Å². The molecule has 0 fully saturated rings. The zero-order valence-corrected chi connectivity index (χ0v) is 13.1. The van der Waals surface area contributed by atoms with Crippen molar-refractivity contribution in [2.24, 2.45) is 5.84 Å². The Morgan fingerprint density at radius 2 is 1.96 bits per heavy atom. The third-order valence-electron chi connectivity index (χ3n) is 2.84. The molecule has 1 heterocycles. The number of thiophene rings is 1. The molecule has 0 spiro atoms. The van der Waals surface area contributed by atoms with E-state index in [0.29, 0.717) is 11.4 Å². The second-order valence-corrected chi connectivity index (χ2v) is 5.64. The minimum absolute atomic E-state index is 0.235. The lowest BCUT2D eigenvalue weighted by Gasteiger charge is -2.05. The van der Waals surface area contributed by atoms with Crippen LogP contribution in [0.25, 0.3) is 6.08 Å². The van der Waals surface area contributed by atoms with Crippen LogP contribution in [-0.4, -0.2) is 18.5 Å². The predicted octanol–water partition coefficient (Wildman–Crippen LogP) is 2.29. The molecule has 0 radical (unpaired) electrons. The van der Waals surface area contributed by atoms with Crippen LogP contribution in [0.4, 0.5) is 4.79 Å². The average molecular weight is 331 g/mol. The second-order valence-electron chi connectivity index (χ2n) is 4.52. The fourth-order valence-corrected chi connectivity index (χ4v) is 2.57. The van der Waals surface area contributed by atoms with Crippen molar-refractivity contribution < 1.29 is 14.3 Å². The highest BCUT2D eigenvalue weighted by molar-refractivity contribution is 7.14. The quantitative estimate of drug-likeness (QED) is 0.430. The number of nitrogens with two attached hydrogens (primary N) is 1. The fourth-order valence-electron chi connectivity index (χ4n) is 1.73. The van der Waals surface area contributed by atoms with Gasteiger partial charge in [-0.2, -0.15) is 0 Å². The summed E-state index contributed by atoms with van der Waals surface area (Å²) in [6, 6.07) is 13.0. The Hall–Kier alpha value is -2.64. The minimum atomic E-state index is -0.479. The first-order chi connectivity index (χ1) is 11.2. The van der Waals surface area contributed by atoms with E-state index in [4.69, 9.17) is 10.6 Å². The molecule has 7 heteroatoms. The number of benzene rings is 1. The molecule has 2 amide bonds. The number of hydrogen-bond donors (Lipinski definition) is 3. The fraction of sp³-hybridized carbons (Fsp3) is 0.125. The van der Waals surface area contributed by atoms with E-state index in [1.165, 1.54) is 11.3 Å². The van der Waals surface area contributed by atoms with Crippen molar-refractivity contribution in [1.29, 1.82) is 0 Å². The van der Waals surface area contributed by atoms with Gasteiger partial charge in [0, 0.05) is 11.4 Å². The molecule has 0 bridgehead atoms. The molecule has 0 aliphatic heterocycles. The maximum absolute atomic E-state index is 11.5. The Kier molecular flexibility index (Phi) is 6.34. The van der Waals surface area contributed by atoms with Gasteiger partial charge >= 0.3 is 6.09 Å². The van der Waals surface area contributed by atoms with Gasteiger partial charge in [-0.05, 0) is 23.8 Å². The number of carbonyl (C=O) groups excluding carboxylic acids is 2. The summed E-state index contributed by atoms with van der Waals surface area (Å²) in [6.45, 7) is 0.572. The molecular formula is C16H17N3O3S. The van der Waals surface area contributed by atoms with Crippen molar-refractivity contribution >= 4 is 29.4 Å². The number of nitrogen functional groups attached to an aromatic ring is 1. The number of hydrogen-bond acceptors (Lipinski definition) is 5. The van der Waals surface area contributed by atoms with E-state index >= 15 is 0 Å². The van der Waals surface area contributed by atoms with Crippen molar-refractivity contribution in [3.63, 3.8) is 0 Å². The number of carbonyl (C=O) groups is 2. The van der Waals surface area contributed by atoms with Gasteiger partial charge in [-0.15, -0.1) is 11.3 Å². The third-order valence-corrected chi connectivity index (χ3v) is 3.89. The van der Waals surface area contributed by atoms with E-state index in [-0.39, 0.29) is 12.5 Å². The predicted molar refractivity (Wildman–Crippen MR) is 89.6 cm³/mol. The number of alkyl carbamates (subject to hydrolysis) is 1. The average Bonchev–Trinajstić information content (AvgIpc) is 3.06. The maximum atomic E-state index is 11.5. The number of hydrazine groups is 1. The Morgan fingerprint density at radius 1 is 1.17 bits per heavy atom. The molecular weight excluding hydrogens is 314 g/mol. The molecule has 4 N–H and O–H groups in total. The van der Waals surface area contributed by atoms with Crippen molar-refractivity contribution in [3.05, 3.63) is 63.9 Å². The van der Waals surface area contributed by atoms with Crippen LogP contribution in [-0.2, 0) is 11.3 Å². The topological polar surface area (TPSA) is 93.5 Å². The van der Waals surface area contributed by atoms with Crippen LogP contribution in [0.2, 0.25) is 0 Å². The zero-order valence-electron chi connectivity index (χ0n) is 12.3. The van der Waals surface area contributed by atoms with Gasteiger partial charge in [0.1, 0.15) is 6.61 Å². The highest BCUT2D eigenvalue weighted by Crippen LogP contribution is 2.17. The largest absolute Gasteiger partial charge is 0.445 e. The zero-order chi connectivity index (χ0) is 16.5. The van der Waals surface area contributed by atoms with Gasteiger partial charge in [0.05, 0.1) is 4.88 Å². The molecule has 0 saturated carbocycles. The monoisotopic (exact) mass is 331 g/mol. The molecule has 2 rings (SSSR count). The smallest absolute Gasteiger partial charge is 0.407 e. The first kappa shape index (κ1) is 16.7. The number of amides is 2. The maximum Gasteiger partial charge on any atom is 0.407 e. The molecule has 0 unspecified atom stereocenters. The normalized spacial score (nSPS) is 10.5. The van der Waals surface area contributed by atoms with Crippen LogP contribution < -0.4 is 16.6 Å². The summed E-state index contributed by atoms with van der Waals surface area (Å²) < 4.78 is 5.08. The van der Waals surface area contributed by atoms with E-state index in [2.05, 4.69) is 10.7 Å². The van der Waals surface area contributed by atoms with Gasteiger partial charge in [-0.25, -0.2) is 10.6 Å². The van der Waals surface area contributed by atoms with Gasteiger partial charge in [0.2, 0.25) is 0 Å². The first-order valence-corrected chi connectivity index (χ1v) is 7.72. The standard InChI is InChI=1S/C16H17N3O3S/c17-19-15(20)14-9-8-13(23-14)7-4-10-18-16(21)22-11-12-5-2-1-3-6-12/h1-9H,10-11,17H2,(H,18,21)(H,19,20). The summed E-state index contributed by atoms with van der Waals surface area (Å²) in [5.74, 6) is 4.74. The molecule has 0 atom stereocenters. The highest BCUT2D eigenvalue weighted by Gasteiger charge is 2.05. The molecule has 120 valence electrons. The summed E-state index contributed by atoms with van der Waals surface area (Å²) >= 11 is 1.31.